The summed E-state index contributed by atoms with van der Waals surface area (Å²) in [6.07, 6.45) is 3.23. The number of benzene rings is 1. The molecule has 3 aromatic rings. The largest absolute Gasteiger partial charge is 0.467 e. The number of nitrogens with zero attached hydrogens (tertiary/aromatic N) is 5. The van der Waals surface area contributed by atoms with Gasteiger partial charge in [0.15, 0.2) is 5.16 Å². The Labute approximate surface area is 188 Å². The maximum atomic E-state index is 13.0. The van der Waals surface area contributed by atoms with Gasteiger partial charge in [-0.3, -0.25) is 14.5 Å². The van der Waals surface area contributed by atoms with E-state index in [0.717, 1.165) is 5.76 Å². The Morgan fingerprint density at radius 3 is 2.62 bits per heavy atom. The normalized spacial score (nSPS) is 14.5. The molecule has 168 valence electrons. The van der Waals surface area contributed by atoms with E-state index in [-0.39, 0.29) is 29.9 Å². The predicted molar refractivity (Wildman–Crippen MR) is 117 cm³/mol. The number of piperazine rings is 1. The van der Waals surface area contributed by atoms with Crippen molar-refractivity contribution in [2.75, 3.05) is 43.8 Å². The van der Waals surface area contributed by atoms with Crippen LogP contribution >= 0.6 is 11.8 Å². The van der Waals surface area contributed by atoms with Crippen LogP contribution in [0, 0.1) is 5.82 Å². The first-order valence-corrected chi connectivity index (χ1v) is 11.1. The minimum atomic E-state index is -0.347. The summed E-state index contributed by atoms with van der Waals surface area (Å²) < 4.78 is 20.2. The zero-order chi connectivity index (χ0) is 22.3. The minimum Gasteiger partial charge on any atom is -0.467 e. The molecule has 0 saturated carbocycles. The van der Waals surface area contributed by atoms with Crippen molar-refractivity contribution in [1.82, 2.24) is 24.6 Å². The number of aromatic nitrogens is 3. The second kappa shape index (κ2) is 10.4. The highest BCUT2D eigenvalue weighted by molar-refractivity contribution is 7.99. The fraction of sp³-hybridized carbons (Fsp3) is 0.333. The zero-order valence-electron chi connectivity index (χ0n) is 17.3. The Balaban J connectivity index is 1.19. The van der Waals surface area contributed by atoms with Gasteiger partial charge in [0.05, 0.1) is 25.1 Å². The van der Waals surface area contributed by atoms with Gasteiger partial charge in [-0.1, -0.05) is 11.8 Å². The molecule has 1 aliphatic heterocycles. The molecule has 0 bridgehead atoms. The lowest BCUT2D eigenvalue weighted by Crippen LogP contribution is -2.50. The van der Waals surface area contributed by atoms with Crippen molar-refractivity contribution in [2.24, 2.45) is 0 Å². The Kier molecular flexibility index (Phi) is 7.17. The van der Waals surface area contributed by atoms with Crippen molar-refractivity contribution in [3.8, 4) is 0 Å². The molecule has 1 saturated heterocycles. The van der Waals surface area contributed by atoms with Crippen molar-refractivity contribution in [3.63, 3.8) is 0 Å². The van der Waals surface area contributed by atoms with Crippen molar-refractivity contribution >= 4 is 29.3 Å². The van der Waals surface area contributed by atoms with Crippen molar-refractivity contribution < 1.29 is 18.4 Å². The summed E-state index contributed by atoms with van der Waals surface area (Å²) >= 11 is 1.34. The molecule has 3 heterocycles. The summed E-state index contributed by atoms with van der Waals surface area (Å²) in [7, 11) is 0. The summed E-state index contributed by atoms with van der Waals surface area (Å²) in [5, 5.41) is 11.4. The van der Waals surface area contributed by atoms with Crippen molar-refractivity contribution in [3.05, 3.63) is 60.6 Å². The van der Waals surface area contributed by atoms with E-state index in [0.29, 0.717) is 43.6 Å². The maximum Gasteiger partial charge on any atom is 0.238 e. The highest BCUT2D eigenvalue weighted by Crippen LogP contribution is 2.18. The predicted octanol–water partition coefficient (Wildman–Crippen LogP) is 1.93. The summed E-state index contributed by atoms with van der Waals surface area (Å²) in [5.74, 6) is 0.570. The van der Waals surface area contributed by atoms with Crippen LogP contribution < -0.4 is 5.32 Å². The van der Waals surface area contributed by atoms with E-state index in [1.54, 1.807) is 17.5 Å². The summed E-state index contributed by atoms with van der Waals surface area (Å²) in [5.41, 5.74) is 0.558. The lowest BCUT2D eigenvalue weighted by atomic mass is 10.3. The number of nitrogens with one attached hydrogen (secondary N) is 1. The van der Waals surface area contributed by atoms with Gasteiger partial charge in [0.25, 0.3) is 0 Å². The highest BCUT2D eigenvalue weighted by atomic mass is 32.2. The number of carbonyl (C=O) groups excluding carboxylic acids is 2. The average molecular weight is 459 g/mol. The molecule has 1 fully saturated rings. The second-order valence-corrected chi connectivity index (χ2v) is 8.26. The minimum absolute atomic E-state index is 0.0259. The van der Waals surface area contributed by atoms with Crippen LogP contribution in [-0.4, -0.2) is 74.9 Å². The number of halogens is 1. The van der Waals surface area contributed by atoms with E-state index in [2.05, 4.69) is 15.5 Å². The smallest absolute Gasteiger partial charge is 0.238 e. The van der Waals surface area contributed by atoms with E-state index in [9.17, 15) is 14.0 Å². The molecule has 1 aliphatic rings. The van der Waals surface area contributed by atoms with Crippen LogP contribution in [0.3, 0.4) is 0 Å². The van der Waals surface area contributed by atoms with E-state index in [1.165, 1.54) is 36.0 Å². The number of hydrogen-bond acceptors (Lipinski definition) is 7. The molecule has 0 spiro atoms. The Morgan fingerprint density at radius 2 is 1.91 bits per heavy atom. The van der Waals surface area contributed by atoms with E-state index in [1.807, 2.05) is 21.6 Å². The molecule has 0 aliphatic carbocycles. The van der Waals surface area contributed by atoms with Crippen LogP contribution in [-0.2, 0) is 16.1 Å². The Morgan fingerprint density at radius 1 is 1.12 bits per heavy atom. The van der Waals surface area contributed by atoms with Crippen LogP contribution in [0.15, 0.2) is 58.6 Å². The topological polar surface area (TPSA) is 96.5 Å². The Hall–Kier alpha value is -3.18. The van der Waals surface area contributed by atoms with Crippen LogP contribution in [0.25, 0.3) is 0 Å². The molecule has 9 nitrogen and oxygen atoms in total. The third-order valence-corrected chi connectivity index (χ3v) is 6.00. The lowest BCUT2D eigenvalue weighted by molar-refractivity contribution is -0.130. The quantitative estimate of drug-likeness (QED) is 0.515. The van der Waals surface area contributed by atoms with E-state index < -0.39 is 0 Å². The first-order chi connectivity index (χ1) is 15.6. The average Bonchev–Trinajstić information content (AvgIpc) is 3.46. The standard InChI is InChI=1S/C21H23FN6O3S/c22-16-3-5-17(6-4-16)24-19(29)13-26-7-9-27(10-8-26)20(30)14-32-21-25-23-15-28(21)12-18-2-1-11-31-18/h1-6,11,15H,7-10,12-14H2,(H,24,29). The van der Waals surface area contributed by atoms with Gasteiger partial charge in [0, 0.05) is 31.9 Å². The van der Waals surface area contributed by atoms with Gasteiger partial charge in [-0.25, -0.2) is 4.39 Å². The number of anilines is 1. The molecule has 2 amide bonds. The fourth-order valence-corrected chi connectivity index (χ4v) is 4.16. The van der Waals surface area contributed by atoms with Crippen LogP contribution in [0.1, 0.15) is 5.76 Å². The lowest BCUT2D eigenvalue weighted by Gasteiger charge is -2.34. The van der Waals surface area contributed by atoms with Crippen LogP contribution in [0.4, 0.5) is 10.1 Å². The SMILES string of the molecule is O=C(CN1CCN(C(=O)CSc2nncn2Cc2ccco2)CC1)Nc1ccc(F)cc1. The summed E-state index contributed by atoms with van der Waals surface area (Å²) in [4.78, 5) is 28.6. The van der Waals surface area contributed by atoms with E-state index in [4.69, 9.17) is 4.42 Å². The zero-order valence-corrected chi connectivity index (χ0v) is 18.1. The third-order valence-electron chi connectivity index (χ3n) is 5.03. The third kappa shape index (κ3) is 5.95. The number of amides is 2. The van der Waals surface area contributed by atoms with Gasteiger partial charge >= 0.3 is 0 Å². The molecule has 4 rings (SSSR count). The van der Waals surface area contributed by atoms with Crippen LogP contribution in [0.5, 0.6) is 0 Å². The molecule has 1 aromatic carbocycles. The first-order valence-electron chi connectivity index (χ1n) is 10.2. The van der Waals surface area contributed by atoms with Gasteiger partial charge < -0.3 is 19.2 Å². The number of rotatable bonds is 8. The summed E-state index contributed by atoms with van der Waals surface area (Å²) in [6.45, 7) is 3.08. The van der Waals surface area contributed by atoms with Crippen molar-refractivity contribution in [1.29, 1.82) is 0 Å². The van der Waals surface area contributed by atoms with Gasteiger partial charge in [-0.15, -0.1) is 10.2 Å². The Bertz CT molecular complexity index is 1030. The molecule has 32 heavy (non-hydrogen) atoms. The van der Waals surface area contributed by atoms with Gasteiger partial charge in [-0.05, 0) is 36.4 Å². The molecule has 11 heteroatoms. The molecule has 0 unspecified atom stereocenters. The maximum absolute atomic E-state index is 13.0. The first kappa shape index (κ1) is 22.0. The molecular weight excluding hydrogens is 435 g/mol. The summed E-state index contributed by atoms with van der Waals surface area (Å²) in [6, 6.07) is 9.35. The van der Waals surface area contributed by atoms with E-state index >= 15 is 0 Å². The fourth-order valence-electron chi connectivity index (χ4n) is 3.34. The molecule has 0 radical (unpaired) electrons. The number of thioether (sulfide) groups is 1. The molecule has 0 atom stereocenters. The number of furan rings is 1. The monoisotopic (exact) mass is 458 g/mol. The molecule has 2 aromatic heterocycles. The van der Waals surface area contributed by atoms with Crippen molar-refractivity contribution in [2.45, 2.75) is 11.7 Å². The van der Waals surface area contributed by atoms with Gasteiger partial charge in [-0.2, -0.15) is 0 Å². The van der Waals surface area contributed by atoms with Gasteiger partial charge in [0.1, 0.15) is 17.9 Å². The molecular formula is C21H23FN6O3S. The highest BCUT2D eigenvalue weighted by Gasteiger charge is 2.23. The number of carbonyl (C=O) groups is 2. The number of hydrogen-bond donors (Lipinski definition) is 1. The van der Waals surface area contributed by atoms with Gasteiger partial charge in [0.2, 0.25) is 11.8 Å². The van der Waals surface area contributed by atoms with Crippen LogP contribution in [0.2, 0.25) is 0 Å². The second-order valence-electron chi connectivity index (χ2n) is 7.32. The molecule has 1 N–H and O–H groups in total.